The summed E-state index contributed by atoms with van der Waals surface area (Å²) in [4.78, 5) is 2.40. The van der Waals surface area contributed by atoms with Gasteiger partial charge in [0.25, 0.3) is 0 Å². The van der Waals surface area contributed by atoms with E-state index in [1.807, 2.05) is 12.1 Å². The van der Waals surface area contributed by atoms with Crippen molar-refractivity contribution in [3.8, 4) is 0 Å². The number of furan rings is 1. The summed E-state index contributed by atoms with van der Waals surface area (Å²) in [7, 11) is 0. The van der Waals surface area contributed by atoms with E-state index in [0.717, 1.165) is 29.5 Å². The van der Waals surface area contributed by atoms with Crippen molar-refractivity contribution in [3.05, 3.63) is 52.4 Å². The number of hydrogen-bond acceptors (Lipinski definition) is 4. The molecule has 0 radical (unpaired) electrons. The molecule has 0 spiro atoms. The van der Waals surface area contributed by atoms with Gasteiger partial charge in [0.1, 0.15) is 5.76 Å². The Kier molecular flexibility index (Phi) is 5.08. The second-order valence-electron chi connectivity index (χ2n) is 5.39. The molecule has 0 atom stereocenters. The average Bonchev–Trinajstić information content (AvgIpc) is 3.13. The van der Waals surface area contributed by atoms with Gasteiger partial charge in [0.05, 0.1) is 29.7 Å². The lowest BCUT2D eigenvalue weighted by molar-refractivity contribution is 0.193. The number of hydrogen-bond donors (Lipinski definition) is 0. The van der Waals surface area contributed by atoms with E-state index >= 15 is 0 Å². The molecule has 2 aromatic heterocycles. The van der Waals surface area contributed by atoms with Crippen LogP contribution < -0.4 is 0 Å². The Hall–Kier alpha value is -1.43. The minimum atomic E-state index is 0.809. The van der Waals surface area contributed by atoms with Crippen LogP contribution in [-0.4, -0.2) is 16.0 Å². The van der Waals surface area contributed by atoms with E-state index in [1.54, 1.807) is 17.6 Å². The summed E-state index contributed by atoms with van der Waals surface area (Å²) in [6.45, 7) is 4.89. The molecule has 5 heteroatoms. The molecule has 0 saturated heterocycles. The molecule has 0 aliphatic rings. The standard InChI is InChI=1S/C17H20N2OS2/c1-2-3-10-18(12-14-7-6-11-20-14)13-19-15-8-4-5-9-16(15)22-17(19)21/h4-9,11H,2-3,10,12-13H2,1H3. The van der Waals surface area contributed by atoms with Crippen LogP contribution >= 0.6 is 23.6 Å². The van der Waals surface area contributed by atoms with Gasteiger partial charge in [0.15, 0.2) is 3.95 Å². The topological polar surface area (TPSA) is 21.3 Å². The number of thiazole rings is 1. The maximum absolute atomic E-state index is 5.56. The Labute approximate surface area is 139 Å². The number of para-hydroxylation sites is 1. The Bertz CT molecular complexity index is 773. The van der Waals surface area contributed by atoms with Gasteiger partial charge in [-0.05, 0) is 42.9 Å². The molecule has 22 heavy (non-hydrogen) atoms. The number of unbranched alkanes of at least 4 members (excludes halogenated alkanes) is 1. The highest BCUT2D eigenvalue weighted by Gasteiger charge is 2.11. The molecule has 0 aliphatic carbocycles. The molecule has 0 aliphatic heterocycles. The molecule has 0 bridgehead atoms. The zero-order valence-electron chi connectivity index (χ0n) is 12.7. The molecule has 0 unspecified atom stereocenters. The van der Waals surface area contributed by atoms with Crippen molar-refractivity contribution in [1.82, 2.24) is 9.47 Å². The van der Waals surface area contributed by atoms with Crippen molar-refractivity contribution in [2.75, 3.05) is 6.54 Å². The van der Waals surface area contributed by atoms with Crippen molar-refractivity contribution in [1.29, 1.82) is 0 Å². The van der Waals surface area contributed by atoms with Crippen molar-refractivity contribution in [2.24, 2.45) is 0 Å². The van der Waals surface area contributed by atoms with E-state index in [1.165, 1.54) is 23.1 Å². The first-order chi connectivity index (χ1) is 10.8. The monoisotopic (exact) mass is 332 g/mol. The molecule has 0 amide bonds. The van der Waals surface area contributed by atoms with E-state index in [2.05, 4.69) is 40.7 Å². The van der Waals surface area contributed by atoms with Crippen LogP contribution in [0, 0.1) is 3.95 Å². The normalized spacial score (nSPS) is 11.5. The lowest BCUT2D eigenvalue weighted by Crippen LogP contribution is -2.27. The summed E-state index contributed by atoms with van der Waals surface area (Å²) in [5.41, 5.74) is 1.22. The average molecular weight is 332 g/mol. The second kappa shape index (κ2) is 7.22. The second-order valence-corrected chi connectivity index (χ2v) is 7.07. The first-order valence-corrected chi connectivity index (χ1v) is 8.83. The molecular formula is C17H20N2OS2. The SMILES string of the molecule is CCCCN(Cc1ccco1)Cn1c(=S)sc2ccccc21. The molecular weight excluding hydrogens is 312 g/mol. The molecule has 0 N–H and O–H groups in total. The maximum Gasteiger partial charge on any atom is 0.163 e. The third-order valence-electron chi connectivity index (χ3n) is 3.70. The van der Waals surface area contributed by atoms with E-state index < -0.39 is 0 Å². The lowest BCUT2D eigenvalue weighted by Gasteiger charge is -2.22. The number of nitrogens with zero attached hydrogens (tertiary/aromatic N) is 2. The lowest BCUT2D eigenvalue weighted by atomic mass is 10.3. The summed E-state index contributed by atoms with van der Waals surface area (Å²) < 4.78 is 9.92. The van der Waals surface area contributed by atoms with Crippen LogP contribution in [0.1, 0.15) is 25.5 Å². The molecule has 0 saturated carbocycles. The van der Waals surface area contributed by atoms with Gasteiger partial charge in [-0.25, -0.2) is 0 Å². The van der Waals surface area contributed by atoms with E-state index in [0.29, 0.717) is 0 Å². The van der Waals surface area contributed by atoms with Gasteiger partial charge in [0, 0.05) is 6.54 Å². The number of benzene rings is 1. The highest BCUT2D eigenvalue weighted by atomic mass is 32.1. The van der Waals surface area contributed by atoms with Crippen LogP contribution in [0.5, 0.6) is 0 Å². The van der Waals surface area contributed by atoms with Crippen molar-refractivity contribution in [2.45, 2.75) is 33.0 Å². The zero-order chi connectivity index (χ0) is 15.4. The third kappa shape index (κ3) is 3.48. The fourth-order valence-electron chi connectivity index (χ4n) is 2.55. The first kappa shape index (κ1) is 15.5. The minimum Gasteiger partial charge on any atom is -0.468 e. The number of aromatic nitrogens is 1. The van der Waals surface area contributed by atoms with Gasteiger partial charge >= 0.3 is 0 Å². The van der Waals surface area contributed by atoms with Gasteiger partial charge in [-0.2, -0.15) is 0 Å². The Morgan fingerprint density at radius 2 is 2.09 bits per heavy atom. The summed E-state index contributed by atoms with van der Waals surface area (Å²) in [6, 6.07) is 12.4. The van der Waals surface area contributed by atoms with Gasteiger partial charge < -0.3 is 8.98 Å². The van der Waals surface area contributed by atoms with E-state index in [9.17, 15) is 0 Å². The zero-order valence-corrected chi connectivity index (χ0v) is 14.3. The van der Waals surface area contributed by atoms with Gasteiger partial charge in [-0.1, -0.05) is 25.5 Å². The molecule has 0 fully saturated rings. The molecule has 116 valence electrons. The summed E-state index contributed by atoms with van der Waals surface area (Å²) in [5, 5.41) is 0. The van der Waals surface area contributed by atoms with Gasteiger partial charge in [-0.3, -0.25) is 4.90 Å². The van der Waals surface area contributed by atoms with Crippen LogP contribution in [-0.2, 0) is 13.2 Å². The first-order valence-electron chi connectivity index (χ1n) is 7.61. The smallest absolute Gasteiger partial charge is 0.163 e. The largest absolute Gasteiger partial charge is 0.468 e. The van der Waals surface area contributed by atoms with Crippen molar-refractivity contribution >= 4 is 33.8 Å². The van der Waals surface area contributed by atoms with Crippen molar-refractivity contribution in [3.63, 3.8) is 0 Å². The highest BCUT2D eigenvalue weighted by molar-refractivity contribution is 7.73. The van der Waals surface area contributed by atoms with E-state index in [4.69, 9.17) is 16.6 Å². The minimum absolute atomic E-state index is 0.809. The Morgan fingerprint density at radius 1 is 1.23 bits per heavy atom. The third-order valence-corrected chi connectivity index (χ3v) is 5.13. The number of rotatable bonds is 7. The fraction of sp³-hybridized carbons (Fsp3) is 0.353. The predicted octanol–water partition coefficient (Wildman–Crippen LogP) is 5.29. The van der Waals surface area contributed by atoms with Gasteiger partial charge in [0.2, 0.25) is 0 Å². The summed E-state index contributed by atoms with van der Waals surface area (Å²) in [6.07, 6.45) is 4.10. The molecule has 1 aromatic carbocycles. The van der Waals surface area contributed by atoms with Crippen LogP contribution in [0.25, 0.3) is 10.2 Å². The van der Waals surface area contributed by atoms with E-state index in [-0.39, 0.29) is 0 Å². The molecule has 2 heterocycles. The van der Waals surface area contributed by atoms with Crippen LogP contribution in [0.15, 0.2) is 47.1 Å². The Morgan fingerprint density at radius 3 is 2.86 bits per heavy atom. The molecule has 3 aromatic rings. The predicted molar refractivity (Wildman–Crippen MR) is 94.7 cm³/mol. The molecule has 3 rings (SSSR count). The maximum atomic E-state index is 5.56. The Balaban J connectivity index is 1.84. The highest BCUT2D eigenvalue weighted by Crippen LogP contribution is 2.23. The van der Waals surface area contributed by atoms with Crippen LogP contribution in [0.4, 0.5) is 0 Å². The summed E-state index contributed by atoms with van der Waals surface area (Å²) in [5.74, 6) is 1.00. The van der Waals surface area contributed by atoms with Crippen LogP contribution in [0.3, 0.4) is 0 Å². The van der Waals surface area contributed by atoms with Gasteiger partial charge in [-0.15, -0.1) is 11.3 Å². The summed E-state index contributed by atoms with van der Waals surface area (Å²) >= 11 is 7.24. The number of fused-ring (bicyclic) bond motifs is 1. The van der Waals surface area contributed by atoms with Crippen LogP contribution in [0.2, 0.25) is 0 Å². The molecule has 3 nitrogen and oxygen atoms in total. The quantitative estimate of drug-likeness (QED) is 0.549. The fourth-order valence-corrected chi connectivity index (χ4v) is 3.86. The van der Waals surface area contributed by atoms with Crippen molar-refractivity contribution < 1.29 is 4.42 Å².